The summed E-state index contributed by atoms with van der Waals surface area (Å²) >= 11 is 0. The first kappa shape index (κ1) is 12.2. The Morgan fingerprint density at radius 1 is 1.47 bits per heavy atom. The van der Waals surface area contributed by atoms with Crippen molar-refractivity contribution in [1.29, 1.82) is 0 Å². The van der Waals surface area contributed by atoms with E-state index < -0.39 is 0 Å². The fraction of sp³-hybridized carbons (Fsp3) is 0.500. The fourth-order valence-corrected chi connectivity index (χ4v) is 2.13. The van der Waals surface area contributed by atoms with Crippen LogP contribution in [0.4, 0.5) is 4.39 Å². The van der Waals surface area contributed by atoms with Crippen LogP contribution in [-0.2, 0) is 0 Å². The number of hydrogen-bond acceptors (Lipinski definition) is 2. The van der Waals surface area contributed by atoms with Crippen LogP contribution in [0.5, 0.6) is 0 Å². The molecule has 0 saturated heterocycles. The highest BCUT2D eigenvalue weighted by Crippen LogP contribution is 2.18. The van der Waals surface area contributed by atoms with Crippen molar-refractivity contribution in [2.24, 2.45) is 5.92 Å². The smallest absolute Gasteiger partial charge is 0.141 e. The zero-order chi connectivity index (χ0) is 12.1. The second-order valence-corrected chi connectivity index (χ2v) is 4.68. The SMILES string of the molecule is CC(NCC1CC=CCC1)c1ccc(F)cn1. The van der Waals surface area contributed by atoms with Crippen molar-refractivity contribution >= 4 is 0 Å². The Morgan fingerprint density at radius 3 is 3.00 bits per heavy atom. The highest BCUT2D eigenvalue weighted by molar-refractivity contribution is 5.09. The van der Waals surface area contributed by atoms with Crippen LogP contribution in [0.1, 0.15) is 37.9 Å². The molecule has 0 fully saturated rings. The molecular weight excluding hydrogens is 215 g/mol. The Kier molecular flexibility index (Phi) is 4.26. The molecule has 1 N–H and O–H groups in total. The third-order valence-corrected chi connectivity index (χ3v) is 3.28. The van der Waals surface area contributed by atoms with Gasteiger partial charge in [-0.15, -0.1) is 0 Å². The van der Waals surface area contributed by atoms with Crippen molar-refractivity contribution < 1.29 is 4.39 Å². The van der Waals surface area contributed by atoms with Crippen molar-refractivity contribution in [3.63, 3.8) is 0 Å². The van der Waals surface area contributed by atoms with E-state index in [0.29, 0.717) is 0 Å². The van der Waals surface area contributed by atoms with Crippen LogP contribution in [0.15, 0.2) is 30.5 Å². The topological polar surface area (TPSA) is 24.9 Å². The van der Waals surface area contributed by atoms with Crippen molar-refractivity contribution in [2.45, 2.75) is 32.2 Å². The number of pyridine rings is 1. The maximum Gasteiger partial charge on any atom is 0.141 e. The van der Waals surface area contributed by atoms with Crippen LogP contribution in [0.2, 0.25) is 0 Å². The molecule has 1 aromatic heterocycles. The summed E-state index contributed by atoms with van der Waals surface area (Å²) < 4.78 is 12.7. The normalized spacial score (nSPS) is 21.4. The van der Waals surface area contributed by atoms with Gasteiger partial charge in [0, 0.05) is 6.04 Å². The summed E-state index contributed by atoms with van der Waals surface area (Å²) in [5, 5.41) is 3.47. The average Bonchev–Trinajstić information content (AvgIpc) is 2.38. The van der Waals surface area contributed by atoms with E-state index in [1.165, 1.54) is 25.1 Å². The van der Waals surface area contributed by atoms with Gasteiger partial charge in [-0.1, -0.05) is 12.2 Å². The second-order valence-electron chi connectivity index (χ2n) is 4.68. The summed E-state index contributed by atoms with van der Waals surface area (Å²) in [6.45, 7) is 3.07. The maximum absolute atomic E-state index is 12.7. The molecule has 1 aromatic rings. The van der Waals surface area contributed by atoms with Crippen LogP contribution in [0.25, 0.3) is 0 Å². The van der Waals surface area contributed by atoms with Gasteiger partial charge in [0.25, 0.3) is 0 Å². The number of hydrogen-bond donors (Lipinski definition) is 1. The Labute approximate surface area is 102 Å². The van der Waals surface area contributed by atoms with Crippen LogP contribution in [-0.4, -0.2) is 11.5 Å². The van der Waals surface area contributed by atoms with E-state index in [0.717, 1.165) is 24.6 Å². The molecule has 0 radical (unpaired) electrons. The highest BCUT2D eigenvalue weighted by Gasteiger charge is 2.12. The molecule has 0 spiro atoms. The molecule has 0 bridgehead atoms. The van der Waals surface area contributed by atoms with Gasteiger partial charge in [0.2, 0.25) is 0 Å². The predicted octanol–water partition coefficient (Wildman–Crippen LogP) is 3.23. The third kappa shape index (κ3) is 3.63. The van der Waals surface area contributed by atoms with E-state index in [4.69, 9.17) is 0 Å². The second kappa shape index (κ2) is 5.92. The molecule has 0 amide bonds. The van der Waals surface area contributed by atoms with E-state index >= 15 is 0 Å². The van der Waals surface area contributed by atoms with Gasteiger partial charge >= 0.3 is 0 Å². The first-order valence-corrected chi connectivity index (χ1v) is 6.25. The number of aromatic nitrogens is 1. The predicted molar refractivity (Wildman–Crippen MR) is 67.1 cm³/mol. The molecule has 2 nitrogen and oxygen atoms in total. The summed E-state index contributed by atoms with van der Waals surface area (Å²) in [6, 6.07) is 3.39. The fourth-order valence-electron chi connectivity index (χ4n) is 2.13. The van der Waals surface area contributed by atoms with Crippen LogP contribution in [0.3, 0.4) is 0 Å². The van der Waals surface area contributed by atoms with Gasteiger partial charge in [0.05, 0.1) is 11.9 Å². The molecule has 0 aromatic carbocycles. The Balaban J connectivity index is 1.82. The Bertz CT molecular complexity index is 372. The van der Waals surface area contributed by atoms with Gasteiger partial charge in [0.15, 0.2) is 0 Å². The van der Waals surface area contributed by atoms with E-state index in [9.17, 15) is 4.39 Å². The van der Waals surface area contributed by atoms with E-state index in [2.05, 4.69) is 29.4 Å². The molecule has 3 heteroatoms. The summed E-state index contributed by atoms with van der Waals surface area (Å²) in [5.41, 5.74) is 0.901. The zero-order valence-electron chi connectivity index (χ0n) is 10.2. The minimum absolute atomic E-state index is 0.182. The van der Waals surface area contributed by atoms with Crippen molar-refractivity contribution in [2.75, 3.05) is 6.54 Å². The van der Waals surface area contributed by atoms with Gasteiger partial charge in [-0.3, -0.25) is 4.98 Å². The number of rotatable bonds is 4. The van der Waals surface area contributed by atoms with Gasteiger partial charge < -0.3 is 5.32 Å². The molecule has 0 saturated carbocycles. The van der Waals surface area contributed by atoms with E-state index in [1.54, 1.807) is 6.07 Å². The molecule has 0 aliphatic heterocycles. The third-order valence-electron chi connectivity index (χ3n) is 3.28. The number of nitrogens with one attached hydrogen (secondary N) is 1. The standard InChI is InChI=1S/C14H19FN2/c1-11(14-8-7-13(15)10-17-14)16-9-12-5-3-2-4-6-12/h2-3,7-8,10-12,16H,4-6,9H2,1H3. The largest absolute Gasteiger partial charge is 0.309 e. The lowest BCUT2D eigenvalue weighted by Gasteiger charge is -2.21. The molecule has 1 aliphatic carbocycles. The Hall–Kier alpha value is -1.22. The van der Waals surface area contributed by atoms with Crippen LogP contribution in [0, 0.1) is 11.7 Å². The lowest BCUT2D eigenvalue weighted by molar-refractivity contribution is 0.412. The minimum Gasteiger partial charge on any atom is -0.309 e. The maximum atomic E-state index is 12.7. The lowest BCUT2D eigenvalue weighted by atomic mass is 9.94. The monoisotopic (exact) mass is 234 g/mol. The minimum atomic E-state index is -0.279. The first-order valence-electron chi connectivity index (χ1n) is 6.25. The average molecular weight is 234 g/mol. The van der Waals surface area contributed by atoms with Crippen molar-refractivity contribution in [1.82, 2.24) is 10.3 Å². The summed E-state index contributed by atoms with van der Waals surface area (Å²) in [4.78, 5) is 4.09. The number of halogens is 1. The summed E-state index contributed by atoms with van der Waals surface area (Å²) in [6.07, 6.45) is 9.40. The molecule has 2 rings (SSSR count). The number of nitrogens with zero attached hydrogens (tertiary/aromatic N) is 1. The van der Waals surface area contributed by atoms with Crippen LogP contribution < -0.4 is 5.32 Å². The van der Waals surface area contributed by atoms with E-state index in [1.807, 2.05) is 0 Å². The van der Waals surface area contributed by atoms with Crippen molar-refractivity contribution in [3.05, 3.63) is 42.0 Å². The molecule has 2 unspecified atom stereocenters. The molecular formula is C14H19FN2. The number of allylic oxidation sites excluding steroid dienone is 2. The zero-order valence-corrected chi connectivity index (χ0v) is 10.2. The van der Waals surface area contributed by atoms with Gasteiger partial charge in [0.1, 0.15) is 5.82 Å². The highest BCUT2D eigenvalue weighted by atomic mass is 19.1. The van der Waals surface area contributed by atoms with Gasteiger partial charge in [-0.05, 0) is 50.8 Å². The van der Waals surface area contributed by atoms with Gasteiger partial charge in [-0.25, -0.2) is 4.39 Å². The van der Waals surface area contributed by atoms with E-state index in [-0.39, 0.29) is 11.9 Å². The van der Waals surface area contributed by atoms with Crippen LogP contribution >= 0.6 is 0 Å². The first-order chi connectivity index (χ1) is 8.25. The lowest BCUT2D eigenvalue weighted by Crippen LogP contribution is -2.26. The summed E-state index contributed by atoms with van der Waals surface area (Å²) in [7, 11) is 0. The van der Waals surface area contributed by atoms with Crippen molar-refractivity contribution in [3.8, 4) is 0 Å². The molecule has 1 heterocycles. The quantitative estimate of drug-likeness (QED) is 0.809. The molecule has 2 atom stereocenters. The molecule has 17 heavy (non-hydrogen) atoms. The van der Waals surface area contributed by atoms with Gasteiger partial charge in [-0.2, -0.15) is 0 Å². The summed E-state index contributed by atoms with van der Waals surface area (Å²) in [5.74, 6) is 0.446. The molecule has 92 valence electrons. The molecule has 1 aliphatic rings. The Morgan fingerprint density at radius 2 is 2.35 bits per heavy atom.